The first-order chi connectivity index (χ1) is 10.7. The summed E-state index contributed by atoms with van der Waals surface area (Å²) >= 11 is 0. The molecule has 0 saturated carbocycles. The van der Waals surface area contributed by atoms with Crippen LogP contribution in [0.5, 0.6) is 0 Å². The summed E-state index contributed by atoms with van der Waals surface area (Å²) in [6, 6.07) is 21.3. The highest BCUT2D eigenvalue weighted by Crippen LogP contribution is 2.32. The molecule has 2 aromatic carbocycles. The average molecular weight is 311 g/mol. The van der Waals surface area contributed by atoms with Crippen molar-refractivity contribution in [1.82, 2.24) is 0 Å². The highest BCUT2D eigenvalue weighted by molar-refractivity contribution is 5.98. The van der Waals surface area contributed by atoms with E-state index in [9.17, 15) is 0 Å². The Morgan fingerprint density at radius 2 is 1.59 bits per heavy atom. The van der Waals surface area contributed by atoms with Crippen LogP contribution in [-0.4, -0.2) is 16.1 Å². The van der Waals surface area contributed by atoms with Gasteiger partial charge in [-0.1, -0.05) is 73.7 Å². The number of benzene rings is 2. The molecule has 0 bridgehead atoms. The maximum Gasteiger partial charge on any atom is 0.146 e. The maximum absolute atomic E-state index is 6.18. The lowest BCUT2D eigenvalue weighted by Gasteiger charge is -2.38. The lowest BCUT2D eigenvalue weighted by atomic mass is 9.78. The summed E-state index contributed by atoms with van der Waals surface area (Å²) in [6.45, 7) is 6.26. The van der Waals surface area contributed by atoms with E-state index >= 15 is 0 Å². The van der Waals surface area contributed by atoms with Crippen molar-refractivity contribution >= 4 is 10.5 Å². The first kappa shape index (κ1) is 16.7. The standard InChI is InChI=1S/C20H26OSi/c1-3-14-20(21-22,16-19-12-8-5-9-13-19)17(2)15-18-10-6-4-7-11-18/h3-13,17H,1,14-16H2,2,22H3. The topological polar surface area (TPSA) is 9.23 Å². The minimum Gasteiger partial charge on any atom is -0.422 e. The lowest BCUT2D eigenvalue weighted by molar-refractivity contribution is 0.0258. The Morgan fingerprint density at radius 1 is 1.05 bits per heavy atom. The second-order valence-electron chi connectivity index (χ2n) is 6.01. The largest absolute Gasteiger partial charge is 0.422 e. The van der Waals surface area contributed by atoms with E-state index in [4.69, 9.17) is 4.43 Å². The van der Waals surface area contributed by atoms with Crippen molar-refractivity contribution in [3.8, 4) is 0 Å². The van der Waals surface area contributed by atoms with Crippen LogP contribution in [0.3, 0.4) is 0 Å². The quantitative estimate of drug-likeness (QED) is 0.533. The van der Waals surface area contributed by atoms with Gasteiger partial charge < -0.3 is 4.43 Å². The highest BCUT2D eigenvalue weighted by Gasteiger charge is 2.34. The fourth-order valence-corrected chi connectivity index (χ4v) is 3.86. The summed E-state index contributed by atoms with van der Waals surface area (Å²) in [5.41, 5.74) is 2.56. The van der Waals surface area contributed by atoms with Crippen molar-refractivity contribution in [2.75, 3.05) is 0 Å². The molecule has 22 heavy (non-hydrogen) atoms. The van der Waals surface area contributed by atoms with Crippen molar-refractivity contribution in [2.45, 2.75) is 31.8 Å². The number of hydrogen-bond donors (Lipinski definition) is 0. The van der Waals surface area contributed by atoms with Crippen molar-refractivity contribution in [2.24, 2.45) is 5.92 Å². The van der Waals surface area contributed by atoms with Gasteiger partial charge in [-0.15, -0.1) is 6.58 Å². The molecule has 116 valence electrons. The van der Waals surface area contributed by atoms with Gasteiger partial charge >= 0.3 is 0 Å². The van der Waals surface area contributed by atoms with E-state index < -0.39 is 0 Å². The molecule has 0 radical (unpaired) electrons. The number of rotatable bonds is 8. The lowest BCUT2D eigenvalue weighted by Crippen LogP contribution is -2.42. The molecule has 2 aromatic rings. The van der Waals surface area contributed by atoms with Crippen LogP contribution in [0.4, 0.5) is 0 Å². The monoisotopic (exact) mass is 310 g/mol. The minimum absolute atomic E-state index is 0.148. The zero-order chi connectivity index (χ0) is 15.8. The van der Waals surface area contributed by atoms with Crippen LogP contribution < -0.4 is 0 Å². The van der Waals surface area contributed by atoms with Crippen LogP contribution in [0.15, 0.2) is 73.3 Å². The van der Waals surface area contributed by atoms with Gasteiger partial charge in [-0.05, 0) is 29.9 Å². The predicted octanol–water partition coefficient (Wildman–Crippen LogP) is 3.72. The first-order valence-corrected chi connectivity index (χ1v) is 8.76. The molecule has 0 saturated heterocycles. The van der Waals surface area contributed by atoms with E-state index in [0.29, 0.717) is 5.92 Å². The van der Waals surface area contributed by atoms with Gasteiger partial charge in [0, 0.05) is 6.42 Å². The third kappa shape index (κ3) is 4.18. The van der Waals surface area contributed by atoms with Crippen LogP contribution in [0.25, 0.3) is 0 Å². The number of hydrogen-bond acceptors (Lipinski definition) is 1. The fraction of sp³-hybridized carbons (Fsp3) is 0.300. The summed E-state index contributed by atoms with van der Waals surface area (Å²) in [6.07, 6.45) is 4.86. The van der Waals surface area contributed by atoms with Crippen LogP contribution in [-0.2, 0) is 17.3 Å². The van der Waals surface area contributed by atoms with Gasteiger partial charge in [0.2, 0.25) is 0 Å². The summed E-state index contributed by atoms with van der Waals surface area (Å²) in [5, 5.41) is 0. The van der Waals surface area contributed by atoms with Crippen molar-refractivity contribution < 1.29 is 4.43 Å². The van der Waals surface area contributed by atoms with Crippen LogP contribution >= 0.6 is 0 Å². The smallest absolute Gasteiger partial charge is 0.146 e. The van der Waals surface area contributed by atoms with Crippen molar-refractivity contribution in [3.63, 3.8) is 0 Å². The zero-order valence-electron chi connectivity index (χ0n) is 13.7. The van der Waals surface area contributed by atoms with Crippen molar-refractivity contribution in [3.05, 3.63) is 84.4 Å². The van der Waals surface area contributed by atoms with E-state index in [2.05, 4.69) is 74.2 Å². The molecule has 0 aromatic heterocycles. The third-order valence-electron chi connectivity index (χ3n) is 4.53. The Hall–Kier alpha value is -1.64. The molecular formula is C20H26OSi. The molecule has 0 spiro atoms. The van der Waals surface area contributed by atoms with Crippen molar-refractivity contribution in [1.29, 1.82) is 0 Å². The van der Waals surface area contributed by atoms with E-state index in [0.717, 1.165) is 29.7 Å². The summed E-state index contributed by atoms with van der Waals surface area (Å²) < 4.78 is 6.18. The summed E-state index contributed by atoms with van der Waals surface area (Å²) in [7, 11) is 0.738. The Kier molecular flexibility index (Phi) is 6.17. The Balaban J connectivity index is 2.21. The van der Waals surface area contributed by atoms with Gasteiger partial charge in [0.15, 0.2) is 0 Å². The maximum atomic E-state index is 6.18. The molecular weight excluding hydrogens is 284 g/mol. The molecule has 0 aliphatic heterocycles. The van der Waals surface area contributed by atoms with E-state index in [-0.39, 0.29) is 5.60 Å². The van der Waals surface area contributed by atoms with Gasteiger partial charge in [0.25, 0.3) is 0 Å². The van der Waals surface area contributed by atoms with Crippen LogP contribution in [0, 0.1) is 5.92 Å². The third-order valence-corrected chi connectivity index (χ3v) is 5.34. The molecule has 2 unspecified atom stereocenters. The average Bonchev–Trinajstić information content (AvgIpc) is 2.56. The molecule has 2 atom stereocenters. The highest BCUT2D eigenvalue weighted by atomic mass is 28.2. The molecule has 0 amide bonds. The first-order valence-electron chi connectivity index (χ1n) is 7.94. The minimum atomic E-state index is -0.148. The van der Waals surface area contributed by atoms with Crippen LogP contribution in [0.2, 0.25) is 0 Å². The van der Waals surface area contributed by atoms with E-state index in [1.54, 1.807) is 0 Å². The summed E-state index contributed by atoms with van der Waals surface area (Å²) in [4.78, 5) is 0. The molecule has 0 aliphatic carbocycles. The van der Waals surface area contributed by atoms with Gasteiger partial charge in [-0.25, -0.2) is 0 Å². The van der Waals surface area contributed by atoms with Gasteiger partial charge in [-0.2, -0.15) is 0 Å². The van der Waals surface area contributed by atoms with Gasteiger partial charge in [-0.3, -0.25) is 0 Å². The molecule has 0 fully saturated rings. The SMILES string of the molecule is C=CCC(Cc1ccccc1)(O[SiH3])C(C)Cc1ccccc1. The zero-order valence-corrected chi connectivity index (χ0v) is 15.7. The predicted molar refractivity (Wildman–Crippen MR) is 98.0 cm³/mol. The van der Waals surface area contributed by atoms with Gasteiger partial charge in [0.05, 0.1) is 5.60 Å². The second-order valence-corrected chi connectivity index (χ2v) is 6.42. The summed E-state index contributed by atoms with van der Waals surface area (Å²) in [5.74, 6) is 0.436. The molecule has 1 nitrogen and oxygen atoms in total. The van der Waals surface area contributed by atoms with Gasteiger partial charge in [0.1, 0.15) is 10.5 Å². The van der Waals surface area contributed by atoms with E-state index in [1.807, 2.05) is 6.08 Å². The molecule has 2 heteroatoms. The Bertz CT molecular complexity index is 567. The van der Waals surface area contributed by atoms with E-state index in [1.165, 1.54) is 11.1 Å². The normalized spacial score (nSPS) is 15.1. The van der Waals surface area contributed by atoms with Crippen LogP contribution in [0.1, 0.15) is 24.5 Å². The Morgan fingerprint density at radius 3 is 2.09 bits per heavy atom. The fourth-order valence-electron chi connectivity index (χ4n) is 3.14. The second kappa shape index (κ2) is 8.11. The molecule has 0 heterocycles. The Labute approximate surface area is 137 Å². The molecule has 0 N–H and O–H groups in total. The molecule has 2 rings (SSSR count). The molecule has 0 aliphatic rings.